The Balaban J connectivity index is 1.53. The predicted molar refractivity (Wildman–Crippen MR) is 108 cm³/mol. The Bertz CT molecular complexity index is 814. The second-order valence-corrected chi connectivity index (χ2v) is 8.93. The average molecular weight is 380 g/mol. The van der Waals surface area contributed by atoms with Gasteiger partial charge in [0.1, 0.15) is 6.54 Å². The zero-order valence-electron chi connectivity index (χ0n) is 16.9. The molecule has 1 saturated carbocycles. The van der Waals surface area contributed by atoms with E-state index in [4.69, 9.17) is 0 Å². The van der Waals surface area contributed by atoms with E-state index >= 15 is 0 Å². The summed E-state index contributed by atoms with van der Waals surface area (Å²) in [7, 11) is 0. The number of para-hydroxylation sites is 1. The molecule has 1 N–H and O–H groups in total. The lowest BCUT2D eigenvalue weighted by Crippen LogP contribution is -2.39. The monoisotopic (exact) mass is 380 g/mol. The van der Waals surface area contributed by atoms with Crippen molar-refractivity contribution in [1.29, 1.82) is 0 Å². The molecule has 4 rings (SSSR count). The lowest BCUT2D eigenvalue weighted by Gasteiger charge is -2.22. The number of nitrogens with zero attached hydrogens (tertiary/aromatic N) is 1. The van der Waals surface area contributed by atoms with Crippen LogP contribution >= 0.6 is 0 Å². The topological polar surface area (TPSA) is 66.5 Å². The van der Waals surface area contributed by atoms with Crippen molar-refractivity contribution in [2.45, 2.75) is 46.0 Å². The second-order valence-electron chi connectivity index (χ2n) is 8.93. The number of carbonyl (C=O) groups is 3. The van der Waals surface area contributed by atoms with Crippen LogP contribution in [0.4, 0.5) is 5.69 Å². The third kappa shape index (κ3) is 2.88. The van der Waals surface area contributed by atoms with E-state index in [2.05, 4.69) is 45.2 Å². The highest BCUT2D eigenvalue weighted by Crippen LogP contribution is 2.52. The van der Waals surface area contributed by atoms with E-state index < -0.39 is 0 Å². The zero-order valence-corrected chi connectivity index (χ0v) is 16.9. The van der Waals surface area contributed by atoms with E-state index in [9.17, 15) is 14.4 Å². The Morgan fingerprint density at radius 2 is 1.50 bits per heavy atom. The molecule has 3 aliphatic rings. The van der Waals surface area contributed by atoms with Crippen molar-refractivity contribution in [3.8, 4) is 0 Å². The summed E-state index contributed by atoms with van der Waals surface area (Å²) in [6.07, 6.45) is 5.02. The van der Waals surface area contributed by atoms with Gasteiger partial charge in [-0.05, 0) is 41.2 Å². The van der Waals surface area contributed by atoms with Crippen LogP contribution in [-0.2, 0) is 14.4 Å². The molecule has 2 bridgehead atoms. The van der Waals surface area contributed by atoms with Gasteiger partial charge < -0.3 is 5.32 Å². The Labute approximate surface area is 166 Å². The molecular weight excluding hydrogens is 352 g/mol. The molecule has 5 nitrogen and oxygen atoms in total. The van der Waals surface area contributed by atoms with Gasteiger partial charge in [0, 0.05) is 5.69 Å². The largest absolute Gasteiger partial charge is 0.324 e. The van der Waals surface area contributed by atoms with Gasteiger partial charge in [-0.25, -0.2) is 0 Å². The van der Waals surface area contributed by atoms with Crippen molar-refractivity contribution in [2.24, 2.45) is 23.7 Å². The third-order valence-corrected chi connectivity index (χ3v) is 6.50. The molecule has 4 unspecified atom stereocenters. The number of rotatable bonds is 5. The summed E-state index contributed by atoms with van der Waals surface area (Å²) >= 11 is 0. The quantitative estimate of drug-likeness (QED) is 0.626. The Morgan fingerprint density at radius 3 is 1.96 bits per heavy atom. The van der Waals surface area contributed by atoms with Gasteiger partial charge in [-0.3, -0.25) is 19.3 Å². The predicted octanol–water partition coefficient (Wildman–Crippen LogP) is 3.68. The highest BCUT2D eigenvalue weighted by atomic mass is 16.2. The number of fused-ring (bicyclic) bond motifs is 5. The number of allylic oxidation sites excluding steroid dienone is 2. The average Bonchev–Trinajstić information content (AvgIpc) is 3.31. The summed E-state index contributed by atoms with van der Waals surface area (Å²) in [6.45, 7) is 8.16. The molecule has 5 heteroatoms. The fourth-order valence-corrected chi connectivity index (χ4v) is 5.14. The van der Waals surface area contributed by atoms with Gasteiger partial charge in [-0.1, -0.05) is 58.0 Å². The van der Waals surface area contributed by atoms with Crippen molar-refractivity contribution < 1.29 is 14.4 Å². The molecule has 1 heterocycles. The molecule has 1 saturated heterocycles. The summed E-state index contributed by atoms with van der Waals surface area (Å²) in [5.74, 6) is -0.352. The van der Waals surface area contributed by atoms with Crippen LogP contribution in [0, 0.1) is 23.7 Å². The number of anilines is 1. The van der Waals surface area contributed by atoms with Crippen LogP contribution in [0.3, 0.4) is 0 Å². The van der Waals surface area contributed by atoms with Crippen LogP contribution in [-0.4, -0.2) is 29.2 Å². The number of carbonyl (C=O) groups excluding carboxylic acids is 3. The first-order valence-corrected chi connectivity index (χ1v) is 10.3. The number of benzene rings is 1. The van der Waals surface area contributed by atoms with E-state index in [-0.39, 0.29) is 59.8 Å². The normalized spacial score (nSPS) is 28.0. The van der Waals surface area contributed by atoms with Gasteiger partial charge in [-0.2, -0.15) is 0 Å². The first-order chi connectivity index (χ1) is 13.3. The summed E-state index contributed by atoms with van der Waals surface area (Å²) in [5.41, 5.74) is 2.95. The first-order valence-electron chi connectivity index (χ1n) is 10.3. The molecular formula is C23H28N2O3. The third-order valence-electron chi connectivity index (χ3n) is 6.50. The van der Waals surface area contributed by atoms with Gasteiger partial charge in [0.05, 0.1) is 11.8 Å². The summed E-state index contributed by atoms with van der Waals surface area (Å²) < 4.78 is 0. The van der Waals surface area contributed by atoms with Crippen LogP contribution in [0.5, 0.6) is 0 Å². The summed E-state index contributed by atoms with van der Waals surface area (Å²) in [6, 6.07) is 6.05. The van der Waals surface area contributed by atoms with E-state index in [1.165, 1.54) is 4.90 Å². The minimum Gasteiger partial charge on any atom is -0.324 e. The number of amides is 3. The van der Waals surface area contributed by atoms with E-state index in [1.54, 1.807) is 0 Å². The van der Waals surface area contributed by atoms with E-state index in [0.29, 0.717) is 0 Å². The van der Waals surface area contributed by atoms with Gasteiger partial charge in [0.2, 0.25) is 17.7 Å². The molecule has 148 valence electrons. The number of hydrogen-bond donors (Lipinski definition) is 1. The minimum absolute atomic E-state index is 0.161. The molecule has 0 spiro atoms. The Hall–Kier alpha value is -2.43. The maximum Gasteiger partial charge on any atom is 0.244 e. The van der Waals surface area contributed by atoms with Gasteiger partial charge in [-0.15, -0.1) is 0 Å². The fraction of sp³-hybridized carbons (Fsp3) is 0.522. The van der Waals surface area contributed by atoms with Gasteiger partial charge in [0.25, 0.3) is 0 Å². The standard InChI is InChI=1S/C23H28N2O3/c1-12(2)16-6-5-7-17(13(3)4)21(16)24-18(26)11-25-22(27)19-14-8-9-15(10-14)20(19)23(25)28/h5-9,12-15,19-20H,10-11H2,1-4H3,(H,24,26). The number of hydrogen-bond acceptors (Lipinski definition) is 3. The van der Waals surface area contributed by atoms with Gasteiger partial charge >= 0.3 is 0 Å². The van der Waals surface area contributed by atoms with Crippen LogP contribution in [0.25, 0.3) is 0 Å². The lowest BCUT2D eigenvalue weighted by atomic mass is 9.85. The number of nitrogens with one attached hydrogen (secondary N) is 1. The molecule has 0 aromatic heterocycles. The van der Waals surface area contributed by atoms with Crippen molar-refractivity contribution >= 4 is 23.4 Å². The molecule has 2 aliphatic carbocycles. The van der Waals surface area contributed by atoms with E-state index in [0.717, 1.165) is 23.2 Å². The fourth-order valence-electron chi connectivity index (χ4n) is 5.14. The summed E-state index contributed by atoms with van der Waals surface area (Å²) in [4.78, 5) is 39.7. The molecule has 28 heavy (non-hydrogen) atoms. The second kappa shape index (κ2) is 6.87. The van der Waals surface area contributed by atoms with Crippen molar-refractivity contribution in [1.82, 2.24) is 4.90 Å². The van der Waals surface area contributed by atoms with Crippen LogP contribution in [0.1, 0.15) is 57.1 Å². The Morgan fingerprint density at radius 1 is 1.00 bits per heavy atom. The van der Waals surface area contributed by atoms with Crippen molar-refractivity contribution in [3.05, 3.63) is 41.5 Å². The zero-order chi connectivity index (χ0) is 20.2. The molecule has 1 aliphatic heterocycles. The first kappa shape index (κ1) is 18.9. The summed E-state index contributed by atoms with van der Waals surface area (Å²) in [5, 5.41) is 3.01. The molecule has 4 atom stereocenters. The number of likely N-dealkylation sites (tertiary alicyclic amines) is 1. The van der Waals surface area contributed by atoms with E-state index in [1.807, 2.05) is 18.2 Å². The molecule has 2 fully saturated rings. The maximum absolute atomic E-state index is 12.8. The maximum atomic E-state index is 12.8. The molecule has 3 amide bonds. The molecule has 1 aromatic carbocycles. The van der Waals surface area contributed by atoms with Gasteiger partial charge in [0.15, 0.2) is 0 Å². The SMILES string of the molecule is CC(C)c1cccc(C(C)C)c1NC(=O)CN1C(=O)C2C3C=CC(C3)C2C1=O. The Kier molecular flexibility index (Phi) is 4.64. The van der Waals surface area contributed by atoms with Crippen molar-refractivity contribution in [3.63, 3.8) is 0 Å². The molecule has 1 aromatic rings. The minimum atomic E-state index is -0.308. The lowest BCUT2D eigenvalue weighted by molar-refractivity contribution is -0.143. The highest BCUT2D eigenvalue weighted by Gasteiger charge is 2.59. The smallest absolute Gasteiger partial charge is 0.244 e. The van der Waals surface area contributed by atoms with Crippen LogP contribution in [0.2, 0.25) is 0 Å². The van der Waals surface area contributed by atoms with Crippen LogP contribution in [0.15, 0.2) is 30.4 Å². The highest BCUT2D eigenvalue weighted by molar-refractivity contribution is 6.09. The molecule has 0 radical (unpaired) electrons. The van der Waals surface area contributed by atoms with Crippen LogP contribution < -0.4 is 5.32 Å². The van der Waals surface area contributed by atoms with Crippen molar-refractivity contribution in [2.75, 3.05) is 11.9 Å². The number of imide groups is 1.